The van der Waals surface area contributed by atoms with E-state index in [-0.39, 0.29) is 30.1 Å². The van der Waals surface area contributed by atoms with Crippen molar-refractivity contribution in [2.45, 2.75) is 37.3 Å². The number of fused-ring (bicyclic) bond motifs is 2. The molecule has 2 heterocycles. The minimum atomic E-state index is -0.780. The quantitative estimate of drug-likeness (QED) is 0.763. The van der Waals surface area contributed by atoms with Crippen LogP contribution in [0.2, 0.25) is 0 Å². The van der Waals surface area contributed by atoms with Crippen molar-refractivity contribution in [1.82, 2.24) is 5.32 Å². The molecule has 2 aromatic carbocycles. The standard InChI is InChI=1S/C24H26N2O4/c1-29-20-12-5-3-10-17(20)26-23(28)22-18(27)14-25-24-13-7-6-9-16(24)21(22)15-8-2-4-11-19(15)30-24/h2-5,8,10-12,16,21-22,25H,6-7,9,13-14H2,1H3,(H,26,28)/t16-,21-,22-,24-/m1/s1. The van der Waals surface area contributed by atoms with Crippen LogP contribution in [-0.2, 0) is 9.59 Å². The van der Waals surface area contributed by atoms with Crippen molar-refractivity contribution in [2.75, 3.05) is 19.0 Å². The first kappa shape index (κ1) is 19.1. The molecule has 0 unspecified atom stereocenters. The van der Waals surface area contributed by atoms with Crippen LogP contribution in [0.1, 0.15) is 37.2 Å². The summed E-state index contributed by atoms with van der Waals surface area (Å²) in [6.45, 7) is 0.130. The summed E-state index contributed by atoms with van der Waals surface area (Å²) in [6, 6.07) is 15.1. The van der Waals surface area contributed by atoms with Gasteiger partial charge in [-0.3, -0.25) is 14.9 Å². The molecule has 156 valence electrons. The molecule has 1 amide bonds. The van der Waals surface area contributed by atoms with Crippen LogP contribution < -0.4 is 20.1 Å². The summed E-state index contributed by atoms with van der Waals surface area (Å²) in [5.74, 6) is 0.0455. The first-order valence-corrected chi connectivity index (χ1v) is 10.6. The number of nitrogens with one attached hydrogen (secondary N) is 2. The Kier molecular flexibility index (Phi) is 4.74. The zero-order valence-electron chi connectivity index (χ0n) is 17.0. The molecule has 6 nitrogen and oxygen atoms in total. The van der Waals surface area contributed by atoms with Crippen molar-refractivity contribution in [3.8, 4) is 11.5 Å². The van der Waals surface area contributed by atoms with Gasteiger partial charge in [0.05, 0.1) is 19.3 Å². The molecule has 1 saturated carbocycles. The van der Waals surface area contributed by atoms with Gasteiger partial charge in [0, 0.05) is 18.3 Å². The lowest BCUT2D eigenvalue weighted by Crippen LogP contribution is -2.60. The van der Waals surface area contributed by atoms with Gasteiger partial charge in [0.1, 0.15) is 17.4 Å². The largest absolute Gasteiger partial charge is 0.495 e. The number of rotatable bonds is 3. The van der Waals surface area contributed by atoms with Crippen LogP contribution >= 0.6 is 0 Å². The van der Waals surface area contributed by atoms with E-state index in [9.17, 15) is 9.59 Å². The summed E-state index contributed by atoms with van der Waals surface area (Å²) in [7, 11) is 1.57. The Labute approximate surface area is 176 Å². The van der Waals surface area contributed by atoms with E-state index in [1.54, 1.807) is 19.2 Å². The van der Waals surface area contributed by atoms with Gasteiger partial charge in [-0.25, -0.2) is 0 Å². The Hall–Kier alpha value is -2.86. The molecular weight excluding hydrogens is 380 g/mol. The van der Waals surface area contributed by atoms with E-state index in [4.69, 9.17) is 9.47 Å². The third-order valence-electron chi connectivity index (χ3n) is 6.83. The van der Waals surface area contributed by atoms with Crippen LogP contribution in [0.3, 0.4) is 0 Å². The number of Topliss-reactive ketones (excluding diaryl/α,β-unsaturated/α-hetero) is 1. The van der Waals surface area contributed by atoms with Gasteiger partial charge in [-0.05, 0) is 36.6 Å². The molecule has 0 aromatic heterocycles. The van der Waals surface area contributed by atoms with E-state index in [1.165, 1.54) is 0 Å². The maximum Gasteiger partial charge on any atom is 0.235 e. The minimum Gasteiger partial charge on any atom is -0.495 e. The number of carbonyl (C=O) groups excluding carboxylic acids is 2. The number of para-hydroxylation sites is 3. The highest BCUT2D eigenvalue weighted by molar-refractivity contribution is 6.09. The van der Waals surface area contributed by atoms with Gasteiger partial charge in [0.2, 0.25) is 5.91 Å². The number of ketones is 1. The monoisotopic (exact) mass is 406 g/mol. The van der Waals surface area contributed by atoms with E-state index in [0.29, 0.717) is 11.4 Å². The van der Waals surface area contributed by atoms with Crippen LogP contribution in [-0.4, -0.2) is 31.1 Å². The highest BCUT2D eigenvalue weighted by Crippen LogP contribution is 2.54. The summed E-state index contributed by atoms with van der Waals surface area (Å²) >= 11 is 0. The summed E-state index contributed by atoms with van der Waals surface area (Å²) in [4.78, 5) is 26.8. The van der Waals surface area contributed by atoms with Gasteiger partial charge in [0.15, 0.2) is 11.5 Å². The molecule has 4 atom stereocenters. The van der Waals surface area contributed by atoms with Gasteiger partial charge in [-0.1, -0.05) is 36.8 Å². The van der Waals surface area contributed by atoms with Crippen LogP contribution in [0.15, 0.2) is 48.5 Å². The summed E-state index contributed by atoms with van der Waals surface area (Å²) in [6.07, 6.45) is 3.89. The maximum absolute atomic E-state index is 13.5. The Morgan fingerprint density at radius 1 is 1.17 bits per heavy atom. The van der Waals surface area contributed by atoms with Crippen LogP contribution in [0.5, 0.6) is 11.5 Å². The van der Waals surface area contributed by atoms with Crippen LogP contribution in [0, 0.1) is 11.8 Å². The third kappa shape index (κ3) is 2.98. The molecule has 3 aliphatic rings. The lowest BCUT2D eigenvalue weighted by Gasteiger charge is -2.50. The first-order valence-electron chi connectivity index (χ1n) is 10.6. The predicted octanol–water partition coefficient (Wildman–Crippen LogP) is 3.48. The second-order valence-electron chi connectivity index (χ2n) is 8.39. The number of ether oxygens (including phenoxy) is 2. The normalized spacial score (nSPS) is 29.6. The molecule has 2 N–H and O–H groups in total. The molecule has 1 aliphatic carbocycles. The summed E-state index contributed by atoms with van der Waals surface area (Å²) < 4.78 is 11.9. The smallest absolute Gasteiger partial charge is 0.235 e. The van der Waals surface area contributed by atoms with Crippen molar-refractivity contribution in [3.05, 3.63) is 54.1 Å². The number of methoxy groups -OCH3 is 1. The fourth-order valence-corrected chi connectivity index (χ4v) is 5.51. The third-order valence-corrected chi connectivity index (χ3v) is 6.83. The Morgan fingerprint density at radius 3 is 2.83 bits per heavy atom. The SMILES string of the molecule is COc1ccccc1NC(=O)[C@@H]1C(=O)CN[C@@]23CCCC[C@@H]2[C@H]1c1ccccc1O3. The molecule has 6 heteroatoms. The molecule has 30 heavy (non-hydrogen) atoms. The lowest BCUT2D eigenvalue weighted by molar-refractivity contribution is -0.132. The Bertz CT molecular complexity index is 991. The number of hydrogen-bond donors (Lipinski definition) is 2. The molecule has 2 bridgehead atoms. The maximum atomic E-state index is 13.5. The summed E-state index contributed by atoms with van der Waals surface area (Å²) in [5, 5.41) is 6.38. The molecule has 1 saturated heterocycles. The van der Waals surface area contributed by atoms with Crippen molar-refractivity contribution in [3.63, 3.8) is 0 Å². The van der Waals surface area contributed by atoms with Crippen molar-refractivity contribution in [2.24, 2.45) is 11.8 Å². The van der Waals surface area contributed by atoms with Gasteiger partial charge in [0.25, 0.3) is 0 Å². The van der Waals surface area contributed by atoms with E-state index in [2.05, 4.69) is 10.6 Å². The fourth-order valence-electron chi connectivity index (χ4n) is 5.51. The number of carbonyl (C=O) groups is 2. The average molecular weight is 406 g/mol. The van der Waals surface area contributed by atoms with Crippen molar-refractivity contribution < 1.29 is 19.1 Å². The highest BCUT2D eigenvalue weighted by atomic mass is 16.5. The first-order chi connectivity index (χ1) is 14.6. The lowest BCUT2D eigenvalue weighted by atomic mass is 9.65. The number of benzene rings is 2. The fraction of sp³-hybridized carbons (Fsp3) is 0.417. The van der Waals surface area contributed by atoms with Crippen LogP contribution in [0.4, 0.5) is 5.69 Å². The van der Waals surface area contributed by atoms with Gasteiger partial charge in [-0.15, -0.1) is 0 Å². The van der Waals surface area contributed by atoms with Crippen molar-refractivity contribution >= 4 is 17.4 Å². The predicted molar refractivity (Wildman–Crippen MR) is 113 cm³/mol. The molecule has 2 fully saturated rings. The van der Waals surface area contributed by atoms with Gasteiger partial charge < -0.3 is 14.8 Å². The van der Waals surface area contributed by atoms with E-state index < -0.39 is 11.6 Å². The van der Waals surface area contributed by atoms with E-state index >= 15 is 0 Å². The second kappa shape index (κ2) is 7.43. The van der Waals surface area contributed by atoms with E-state index in [0.717, 1.165) is 37.0 Å². The highest BCUT2D eigenvalue weighted by Gasteiger charge is 2.57. The number of amides is 1. The molecular formula is C24H26N2O4. The topological polar surface area (TPSA) is 76.7 Å². The number of anilines is 1. The average Bonchev–Trinajstić information content (AvgIpc) is 2.86. The molecule has 5 rings (SSSR count). The Morgan fingerprint density at radius 2 is 1.97 bits per heavy atom. The minimum absolute atomic E-state index is 0.0704. The van der Waals surface area contributed by atoms with E-state index in [1.807, 2.05) is 36.4 Å². The van der Waals surface area contributed by atoms with Gasteiger partial charge in [-0.2, -0.15) is 0 Å². The zero-order valence-corrected chi connectivity index (χ0v) is 17.0. The Balaban J connectivity index is 1.58. The van der Waals surface area contributed by atoms with Gasteiger partial charge >= 0.3 is 0 Å². The second-order valence-corrected chi connectivity index (χ2v) is 8.39. The van der Waals surface area contributed by atoms with Crippen molar-refractivity contribution in [1.29, 1.82) is 0 Å². The molecule has 2 aliphatic heterocycles. The molecule has 0 radical (unpaired) electrons. The van der Waals surface area contributed by atoms with Crippen LogP contribution in [0.25, 0.3) is 0 Å². The molecule has 0 spiro atoms. The summed E-state index contributed by atoms with van der Waals surface area (Å²) in [5.41, 5.74) is 0.953. The number of hydrogen-bond acceptors (Lipinski definition) is 5. The molecule has 2 aromatic rings. The zero-order chi connectivity index (χ0) is 20.7.